The molecule has 0 aromatic carbocycles. The Hall–Kier alpha value is -1.24. The predicted octanol–water partition coefficient (Wildman–Crippen LogP) is 8.78. The Kier molecular flexibility index (Phi) is 18.5. The minimum absolute atomic E-state index is 0.00649. The van der Waals surface area contributed by atoms with E-state index in [9.17, 15) is 10.2 Å². The van der Waals surface area contributed by atoms with Gasteiger partial charge in [-0.05, 0) is 56.2 Å². The van der Waals surface area contributed by atoms with Gasteiger partial charge in [0, 0.05) is 11.8 Å². The molecule has 0 saturated heterocycles. The summed E-state index contributed by atoms with van der Waals surface area (Å²) in [6.45, 7) is 26.0. The molecule has 0 aromatic rings. The Bertz CT molecular complexity index is 846. The van der Waals surface area contributed by atoms with Crippen molar-refractivity contribution >= 4 is 8.32 Å². The molecule has 0 fully saturated rings. The van der Waals surface area contributed by atoms with E-state index in [2.05, 4.69) is 98.0 Å². The monoisotopic (exact) mass is 576 g/mol. The van der Waals surface area contributed by atoms with Crippen molar-refractivity contribution in [3.8, 4) is 0 Å². The molecule has 0 amide bonds. The Morgan fingerprint density at radius 2 is 1.50 bits per heavy atom. The molecular weight excluding hydrogens is 512 g/mol. The van der Waals surface area contributed by atoms with E-state index in [0.29, 0.717) is 5.92 Å². The maximum Gasteiger partial charge on any atom is 0.192 e. The molecular formula is C35H64O4Si. The third-order valence-electron chi connectivity index (χ3n) is 8.58. The maximum absolute atomic E-state index is 10.8. The van der Waals surface area contributed by atoms with Gasteiger partial charge in [-0.25, -0.2) is 0 Å². The third-order valence-corrected chi connectivity index (χ3v) is 13.1. The van der Waals surface area contributed by atoms with Crippen LogP contribution < -0.4 is 0 Å². The van der Waals surface area contributed by atoms with Crippen LogP contribution in [0.3, 0.4) is 0 Å². The van der Waals surface area contributed by atoms with Crippen LogP contribution in [0.2, 0.25) is 18.1 Å². The van der Waals surface area contributed by atoms with Crippen molar-refractivity contribution in [3.63, 3.8) is 0 Å². The molecule has 40 heavy (non-hydrogen) atoms. The minimum atomic E-state index is -1.92. The highest BCUT2D eigenvalue weighted by Crippen LogP contribution is 2.38. The van der Waals surface area contributed by atoms with Gasteiger partial charge in [0.05, 0.1) is 24.9 Å². The second kappa shape index (κ2) is 19.0. The molecule has 232 valence electrons. The lowest BCUT2D eigenvalue weighted by atomic mass is 9.83. The smallest absolute Gasteiger partial charge is 0.192 e. The fraction of sp³-hybridized carbons (Fsp3) is 0.714. The highest BCUT2D eigenvalue weighted by molar-refractivity contribution is 6.74. The summed E-state index contributed by atoms with van der Waals surface area (Å²) >= 11 is 0. The summed E-state index contributed by atoms with van der Waals surface area (Å²) in [7, 11) is -1.92. The molecule has 0 aliphatic heterocycles. The number of allylic oxidation sites excluding steroid dienone is 6. The van der Waals surface area contributed by atoms with Crippen LogP contribution in [0.5, 0.6) is 0 Å². The Morgan fingerprint density at radius 3 is 2.02 bits per heavy atom. The van der Waals surface area contributed by atoms with Crippen LogP contribution >= 0.6 is 0 Å². The van der Waals surface area contributed by atoms with Crippen molar-refractivity contribution in [2.24, 2.45) is 23.7 Å². The van der Waals surface area contributed by atoms with Gasteiger partial charge in [-0.1, -0.05) is 128 Å². The Labute approximate surface area is 249 Å². The number of rotatable bonds is 18. The van der Waals surface area contributed by atoms with Crippen LogP contribution in [0.25, 0.3) is 0 Å². The number of hydrogen-bond donors (Lipinski definition) is 3. The highest BCUT2D eigenvalue weighted by Gasteiger charge is 2.38. The van der Waals surface area contributed by atoms with Crippen LogP contribution in [0.4, 0.5) is 0 Å². The van der Waals surface area contributed by atoms with Gasteiger partial charge in [0.2, 0.25) is 0 Å². The van der Waals surface area contributed by atoms with Crippen molar-refractivity contribution in [1.29, 1.82) is 0 Å². The standard InChI is InChI=1S/C35H64O4Si/c1-13-28(5)33(37)30(7)34(38)29(6)24-26(3)18-17-19-27(4)25-31(14-2)21-22-32(20-15-16-23-36)39-40(11,12)35(8,9)10/h15-18,21-22,24-25,27-30,32-34,36-38H,13-14,19-20,23H2,1-12H3/b16-15-,18-17+,22-21+,26-24+,31-25-/t27-,28+,29-,30+,32-,33-,34-/m1/s1. The SMILES string of the molecule is CCC(=C/[C@H](C)C/C=C/C(C)=C/[C@@H](C)[C@@H](O)[C@@H](C)[C@H](O)[C@@H](C)CC)/C=C/[C@@H](C/C=C\CO)O[Si](C)(C)C(C)(C)C. The van der Waals surface area contributed by atoms with Gasteiger partial charge in [-0.15, -0.1) is 0 Å². The minimum Gasteiger partial charge on any atom is -0.410 e. The molecule has 0 radical (unpaired) electrons. The summed E-state index contributed by atoms with van der Waals surface area (Å²) in [6, 6.07) is 0. The fourth-order valence-corrected chi connectivity index (χ4v) is 5.74. The average molecular weight is 577 g/mol. The fourth-order valence-electron chi connectivity index (χ4n) is 4.46. The molecule has 0 spiro atoms. The first-order valence-corrected chi connectivity index (χ1v) is 18.4. The van der Waals surface area contributed by atoms with E-state index >= 15 is 0 Å². The molecule has 0 saturated carbocycles. The second-order valence-electron chi connectivity index (χ2n) is 13.4. The molecule has 0 unspecified atom stereocenters. The molecule has 0 heterocycles. The van der Waals surface area contributed by atoms with Gasteiger partial charge < -0.3 is 19.7 Å². The first kappa shape index (κ1) is 38.8. The van der Waals surface area contributed by atoms with E-state index in [-0.39, 0.29) is 35.5 Å². The van der Waals surface area contributed by atoms with Crippen molar-refractivity contribution in [1.82, 2.24) is 0 Å². The molecule has 0 rings (SSSR count). The average Bonchev–Trinajstić information content (AvgIpc) is 2.88. The van der Waals surface area contributed by atoms with Gasteiger partial charge in [-0.3, -0.25) is 0 Å². The second-order valence-corrected chi connectivity index (χ2v) is 18.1. The van der Waals surface area contributed by atoms with E-state index in [0.717, 1.165) is 31.3 Å². The summed E-state index contributed by atoms with van der Waals surface area (Å²) < 4.78 is 6.68. The first-order valence-electron chi connectivity index (χ1n) is 15.5. The largest absolute Gasteiger partial charge is 0.410 e. The number of aliphatic hydroxyl groups is 3. The van der Waals surface area contributed by atoms with Crippen LogP contribution in [0, 0.1) is 23.7 Å². The van der Waals surface area contributed by atoms with Crippen LogP contribution in [0.1, 0.15) is 94.9 Å². The topological polar surface area (TPSA) is 69.9 Å². The van der Waals surface area contributed by atoms with Crippen LogP contribution in [-0.2, 0) is 4.43 Å². The van der Waals surface area contributed by atoms with Crippen molar-refractivity contribution in [2.45, 2.75) is 131 Å². The number of hydrogen-bond acceptors (Lipinski definition) is 4. The molecule has 0 aliphatic rings. The summed E-state index contributed by atoms with van der Waals surface area (Å²) in [5.41, 5.74) is 2.43. The number of aliphatic hydroxyl groups excluding tert-OH is 3. The van der Waals surface area contributed by atoms with Gasteiger partial charge in [-0.2, -0.15) is 0 Å². The molecule has 5 heteroatoms. The summed E-state index contributed by atoms with van der Waals surface area (Å²) in [4.78, 5) is 0. The zero-order chi connectivity index (χ0) is 31.1. The van der Waals surface area contributed by atoms with Gasteiger partial charge >= 0.3 is 0 Å². The molecule has 0 bridgehead atoms. The lowest BCUT2D eigenvalue weighted by Crippen LogP contribution is -2.43. The lowest BCUT2D eigenvalue weighted by Gasteiger charge is -2.38. The van der Waals surface area contributed by atoms with Crippen molar-refractivity contribution in [2.75, 3.05) is 6.61 Å². The van der Waals surface area contributed by atoms with E-state index in [1.54, 1.807) is 6.08 Å². The lowest BCUT2D eigenvalue weighted by molar-refractivity contribution is -0.0209. The van der Waals surface area contributed by atoms with Gasteiger partial charge in [0.15, 0.2) is 8.32 Å². The highest BCUT2D eigenvalue weighted by atomic mass is 28.4. The Balaban J connectivity index is 5.33. The summed E-state index contributed by atoms with van der Waals surface area (Å²) in [5, 5.41) is 30.6. The van der Waals surface area contributed by atoms with Crippen molar-refractivity contribution < 1.29 is 19.7 Å². The predicted molar refractivity (Wildman–Crippen MR) is 177 cm³/mol. The van der Waals surface area contributed by atoms with Crippen molar-refractivity contribution in [3.05, 3.63) is 59.8 Å². The van der Waals surface area contributed by atoms with Crippen LogP contribution in [0.15, 0.2) is 59.8 Å². The zero-order valence-electron chi connectivity index (χ0n) is 27.9. The molecule has 0 aliphatic carbocycles. The normalized spacial score (nSPS) is 19.8. The summed E-state index contributed by atoms with van der Waals surface area (Å²) in [5.74, 6) is 0.381. The molecule has 4 nitrogen and oxygen atoms in total. The zero-order valence-corrected chi connectivity index (χ0v) is 28.9. The van der Waals surface area contributed by atoms with Gasteiger partial charge in [0.25, 0.3) is 0 Å². The first-order chi connectivity index (χ1) is 18.5. The Morgan fingerprint density at radius 1 is 0.875 bits per heavy atom. The van der Waals surface area contributed by atoms with Gasteiger partial charge in [0.1, 0.15) is 0 Å². The maximum atomic E-state index is 10.8. The molecule has 0 aromatic heterocycles. The molecule has 3 N–H and O–H groups in total. The third kappa shape index (κ3) is 14.6. The van der Waals surface area contributed by atoms with E-state index in [1.165, 1.54) is 5.57 Å². The molecule has 7 atom stereocenters. The van der Waals surface area contributed by atoms with E-state index in [4.69, 9.17) is 9.53 Å². The van der Waals surface area contributed by atoms with E-state index in [1.807, 2.05) is 26.8 Å². The summed E-state index contributed by atoms with van der Waals surface area (Å²) in [6.07, 6.45) is 19.5. The quantitative estimate of drug-likeness (QED) is 0.0866. The van der Waals surface area contributed by atoms with E-state index < -0.39 is 20.5 Å². The van der Waals surface area contributed by atoms with Crippen LogP contribution in [-0.4, -0.2) is 48.6 Å².